The molecular weight excluding hydrogens is 1200 g/mol. The third kappa shape index (κ3) is 21.4. The van der Waals surface area contributed by atoms with Crippen molar-refractivity contribution in [1.29, 1.82) is 0 Å². The van der Waals surface area contributed by atoms with Crippen molar-refractivity contribution in [1.82, 2.24) is 42.5 Å². The first-order valence-corrected chi connectivity index (χ1v) is 34.6. The fourth-order valence-electron chi connectivity index (χ4n) is 11.2. The summed E-state index contributed by atoms with van der Waals surface area (Å²) in [4.78, 5) is 109. The van der Waals surface area contributed by atoms with Crippen LogP contribution in [0.15, 0.2) is 152 Å². The highest BCUT2D eigenvalue weighted by Crippen LogP contribution is 2.37. The number of hydrogen-bond acceptors (Lipinski definition) is 14. The molecule has 2 aliphatic heterocycles. The Morgan fingerprint density at radius 1 is 0.609 bits per heavy atom. The van der Waals surface area contributed by atoms with E-state index in [0.29, 0.717) is 23.5 Å². The maximum Gasteiger partial charge on any atom is 0.346 e. The molecule has 8 atom stereocenters. The Morgan fingerprint density at radius 2 is 1.12 bits per heavy atom. The zero-order valence-corrected chi connectivity index (χ0v) is 55.6. The van der Waals surface area contributed by atoms with Gasteiger partial charge in [-0.1, -0.05) is 186 Å². The first-order valence-electron chi connectivity index (χ1n) is 31.5. The Kier molecular flexibility index (Phi) is 26.9. The van der Waals surface area contributed by atoms with Gasteiger partial charge in [-0.3, -0.25) is 48.8 Å². The Hall–Kier alpha value is -8.38. The lowest BCUT2D eigenvalue weighted by Gasteiger charge is -2.44. The summed E-state index contributed by atoms with van der Waals surface area (Å²) in [7, 11) is -2.73. The van der Waals surface area contributed by atoms with Crippen LogP contribution in [0.3, 0.4) is 0 Å². The van der Waals surface area contributed by atoms with Crippen LogP contribution in [0, 0.1) is 5.92 Å². The van der Waals surface area contributed by atoms with E-state index in [1.807, 2.05) is 62.4 Å². The van der Waals surface area contributed by atoms with E-state index >= 15 is 0 Å². The van der Waals surface area contributed by atoms with Crippen LogP contribution in [0.4, 0.5) is 0 Å². The molecule has 7 amide bonds. The van der Waals surface area contributed by atoms with Gasteiger partial charge in [-0.15, -0.1) is 11.8 Å². The van der Waals surface area contributed by atoms with Gasteiger partial charge in [0.2, 0.25) is 41.4 Å². The number of carbonyl (C=O) groups is 8. The van der Waals surface area contributed by atoms with Gasteiger partial charge in [-0.25, -0.2) is 4.79 Å². The molecule has 2 heterocycles. The molecule has 92 heavy (non-hydrogen) atoms. The predicted octanol–water partition coefficient (Wildman–Crippen LogP) is 3.46. The van der Waals surface area contributed by atoms with Gasteiger partial charge >= 0.3 is 11.9 Å². The number of primary amides is 1. The van der Waals surface area contributed by atoms with Crippen LogP contribution in [-0.2, 0) is 71.9 Å². The molecule has 5 aromatic carbocycles. The largest absolute Gasteiger partial charge is 0.459 e. The molecule has 0 unspecified atom stereocenters. The number of hydrogen-bond donors (Lipinski definition) is 9. The summed E-state index contributed by atoms with van der Waals surface area (Å²) < 4.78 is 21.3. The van der Waals surface area contributed by atoms with Crippen molar-refractivity contribution in [3.8, 4) is 0 Å². The SMILES string of the molecule is CC(C)C[C@H](NC(=O)[C@@H](NC(=O)[C@H](C)NC(=O)CNC(=O)CSC[C@H]1CC[N+]2=C(N[C@@H](CO[Si](c3ccccc3)(c3ccccc3)C(C)(C)C)CC2)N1)[C@@H](C)OCc1ccccc1)C(=O)N[C@@H](CC(N)=O)C(=O)N[C@@H](Cc1ccccc1)C(=O)OCc1ccccc1. The number of benzene rings is 5. The normalized spacial score (nSPS) is 16.7. The molecule has 7 rings (SSSR count). The maximum absolute atomic E-state index is 14.5. The van der Waals surface area contributed by atoms with Gasteiger partial charge in [0.15, 0.2) is 0 Å². The molecule has 0 radical (unpaired) electrons. The summed E-state index contributed by atoms with van der Waals surface area (Å²) in [5.41, 5.74) is 7.79. The molecular formula is C69H91N10O11SSi+. The lowest BCUT2D eigenvalue weighted by molar-refractivity contribution is -0.542. The second kappa shape index (κ2) is 34.9. The summed E-state index contributed by atoms with van der Waals surface area (Å²) in [6.07, 6.45) is 0.183. The minimum atomic E-state index is -2.73. The Balaban J connectivity index is 0.912. The average Bonchev–Trinajstić information content (AvgIpc) is 0.751. The minimum Gasteiger partial charge on any atom is -0.459 e. The Labute approximate surface area is 545 Å². The molecule has 0 aromatic heterocycles. The summed E-state index contributed by atoms with van der Waals surface area (Å²) in [5.74, 6) is -4.59. The molecule has 0 spiro atoms. The zero-order valence-electron chi connectivity index (χ0n) is 53.7. The van der Waals surface area contributed by atoms with Gasteiger partial charge < -0.3 is 51.5 Å². The number of ether oxygens (including phenoxy) is 2. The number of esters is 1. The van der Waals surface area contributed by atoms with Crippen LogP contribution in [0.1, 0.15) is 90.8 Å². The highest BCUT2D eigenvalue weighted by Gasteiger charge is 2.51. The van der Waals surface area contributed by atoms with Gasteiger partial charge in [-0.05, 0) is 58.3 Å². The van der Waals surface area contributed by atoms with Crippen LogP contribution >= 0.6 is 11.8 Å². The van der Waals surface area contributed by atoms with E-state index in [1.54, 1.807) is 61.5 Å². The summed E-state index contributed by atoms with van der Waals surface area (Å²) in [6, 6.07) is 41.6. The summed E-state index contributed by atoms with van der Waals surface area (Å²) in [5, 5.41) is 25.6. The smallest absolute Gasteiger partial charge is 0.346 e. The minimum absolute atomic E-state index is 0.0156. The molecule has 5 aromatic rings. The maximum atomic E-state index is 14.5. The highest BCUT2D eigenvalue weighted by molar-refractivity contribution is 8.00. The van der Waals surface area contributed by atoms with Crippen LogP contribution in [0.2, 0.25) is 5.04 Å². The second-order valence-corrected chi connectivity index (χ2v) is 30.2. The number of thioether (sulfide) groups is 1. The molecule has 2 aliphatic rings. The fraction of sp³-hybridized carbons (Fsp3) is 0.435. The molecule has 0 fully saturated rings. The van der Waals surface area contributed by atoms with Gasteiger partial charge in [-0.2, -0.15) is 0 Å². The number of nitrogens with zero attached hydrogens (tertiary/aromatic N) is 1. The highest BCUT2D eigenvalue weighted by atomic mass is 32.2. The van der Waals surface area contributed by atoms with E-state index in [0.717, 1.165) is 37.5 Å². The molecule has 0 saturated carbocycles. The van der Waals surface area contributed by atoms with Crippen LogP contribution in [0.5, 0.6) is 0 Å². The van der Waals surface area contributed by atoms with Crippen molar-refractivity contribution < 1.29 is 56.8 Å². The number of guanidine groups is 1. The lowest BCUT2D eigenvalue weighted by Crippen LogP contribution is -2.68. The molecule has 0 aliphatic carbocycles. The number of amides is 7. The summed E-state index contributed by atoms with van der Waals surface area (Å²) >= 11 is 1.45. The quantitative estimate of drug-likeness (QED) is 0.0165. The molecule has 23 heteroatoms. The van der Waals surface area contributed by atoms with Gasteiger partial charge in [0.1, 0.15) is 36.8 Å². The first-order chi connectivity index (χ1) is 44.1. The Morgan fingerprint density at radius 3 is 1.68 bits per heavy atom. The third-order valence-corrected chi connectivity index (χ3v) is 22.2. The zero-order chi connectivity index (χ0) is 66.2. The van der Waals surface area contributed by atoms with E-state index in [9.17, 15) is 38.4 Å². The van der Waals surface area contributed by atoms with Gasteiger partial charge in [0.05, 0.1) is 63.2 Å². The van der Waals surface area contributed by atoms with E-state index in [1.165, 1.54) is 29.1 Å². The van der Waals surface area contributed by atoms with Crippen molar-refractivity contribution in [2.45, 2.75) is 147 Å². The topological polar surface area (TPSA) is 290 Å². The lowest BCUT2D eigenvalue weighted by atomic mass is 10.0. The predicted molar refractivity (Wildman–Crippen MR) is 358 cm³/mol. The van der Waals surface area contributed by atoms with Crippen molar-refractivity contribution in [2.75, 3.05) is 37.7 Å². The van der Waals surface area contributed by atoms with Crippen molar-refractivity contribution in [3.63, 3.8) is 0 Å². The summed E-state index contributed by atoms with van der Waals surface area (Å²) in [6.45, 7) is 15.3. The molecule has 21 nitrogen and oxygen atoms in total. The fourth-order valence-corrected chi connectivity index (χ4v) is 16.7. The van der Waals surface area contributed by atoms with Gasteiger partial charge in [0, 0.05) is 25.0 Å². The number of carbonyl (C=O) groups excluding carboxylic acids is 8. The molecule has 0 saturated heterocycles. The van der Waals surface area contributed by atoms with Crippen molar-refractivity contribution in [3.05, 3.63) is 168 Å². The second-order valence-electron chi connectivity index (χ2n) is 24.9. The number of nitrogens with one attached hydrogen (secondary N) is 8. The molecule has 492 valence electrons. The van der Waals surface area contributed by atoms with Crippen molar-refractivity contribution in [2.24, 2.45) is 11.7 Å². The first kappa shape index (κ1) is 71.1. The van der Waals surface area contributed by atoms with Crippen LogP contribution in [0.25, 0.3) is 0 Å². The van der Waals surface area contributed by atoms with E-state index in [4.69, 9.17) is 19.6 Å². The van der Waals surface area contributed by atoms with E-state index in [2.05, 4.69) is 116 Å². The average molecular weight is 1300 g/mol. The molecule has 0 bridgehead atoms. The molecule has 10 N–H and O–H groups in total. The van der Waals surface area contributed by atoms with Crippen LogP contribution < -0.4 is 58.6 Å². The van der Waals surface area contributed by atoms with E-state index in [-0.39, 0.29) is 60.8 Å². The standard InChI is InChI=1S/C69H90N10O11SSi/c1-46(2)37-56(64(84)75-57(39-59(70)80)65(85)77-58(38-49-23-13-8-14-24-49)67(87)89-42-51-27-17-10-18-28-51)76-66(86)62(48(4)88-41-50-25-15-9-16-26-50)78-63(83)47(3)72-60(81)40-71-61(82)45-91-44-53-34-36-79-35-33-52(73-68(79)74-53)43-90-92(69(5,6)7,54-29-19-11-20-30-54)55-31-21-12-22-32-55/h8-32,46-48,52-53,56-58,62H,33-45H2,1-7H3,(H9,70,71,72,73,74,75,76,77,78,80,81,82,83,84,85,86)/p+1/t47-,48+,52+,53+,56-,57-,58-,62-/m0/s1. The van der Waals surface area contributed by atoms with Crippen LogP contribution in [-0.4, -0.2) is 152 Å². The monoisotopic (exact) mass is 1300 g/mol. The number of nitrogens with two attached hydrogens (primary N) is 1. The van der Waals surface area contributed by atoms with Gasteiger partial charge in [0.25, 0.3) is 8.32 Å². The van der Waals surface area contributed by atoms with Crippen molar-refractivity contribution >= 4 is 83.7 Å². The Bertz CT molecular complexity index is 3240. The number of rotatable bonds is 33. The van der Waals surface area contributed by atoms with E-state index < -0.39 is 99.0 Å². The third-order valence-electron chi connectivity index (χ3n) is 16.1.